The van der Waals surface area contributed by atoms with Gasteiger partial charge < -0.3 is 64.5 Å². The number of carboxylic acid groups (broad SMARTS) is 1. The molecule has 1 fully saturated rings. The van der Waals surface area contributed by atoms with Crippen molar-refractivity contribution in [3.05, 3.63) is 101 Å². The summed E-state index contributed by atoms with van der Waals surface area (Å²) >= 11 is 0. The number of nitrogens with zero attached hydrogens (tertiary/aromatic N) is 3. The van der Waals surface area contributed by atoms with Crippen molar-refractivity contribution < 1.29 is 74.7 Å². The van der Waals surface area contributed by atoms with E-state index >= 15 is 0 Å². The average Bonchev–Trinajstić information content (AvgIpc) is 3.92. The molecule has 0 amide bonds. The van der Waals surface area contributed by atoms with Gasteiger partial charge in [-0.1, -0.05) is 31.2 Å². The van der Waals surface area contributed by atoms with E-state index in [1.165, 1.54) is 30.6 Å². The molecule has 18 heteroatoms. The van der Waals surface area contributed by atoms with Gasteiger partial charge in [-0.2, -0.15) is 0 Å². The van der Waals surface area contributed by atoms with Crippen molar-refractivity contribution in [2.24, 2.45) is 20.9 Å². The molecule has 5 aliphatic rings. The third-order valence-electron chi connectivity index (χ3n) is 10.8. The van der Waals surface area contributed by atoms with Crippen molar-refractivity contribution in [3.63, 3.8) is 0 Å². The molecule has 2 bridgehead atoms. The van der Waals surface area contributed by atoms with Gasteiger partial charge in [-0.15, -0.1) is 0 Å². The smallest absolute Gasteiger partial charge is 0.336 e. The molecular formula is C42H41N4O14+. The maximum absolute atomic E-state index is 12.7. The zero-order valence-electron chi connectivity index (χ0n) is 31.8. The number of aliphatic hydroxyl groups is 5. The maximum Gasteiger partial charge on any atom is 0.336 e. The second-order valence-corrected chi connectivity index (χ2v) is 14.8. The number of rotatable bonds is 13. The molecule has 0 radical (unpaired) electrons. The number of phenolic OH excluding ortho intramolecular Hbond substituents is 2. The van der Waals surface area contributed by atoms with Gasteiger partial charge in [-0.3, -0.25) is 10.4 Å². The highest BCUT2D eigenvalue weighted by atomic mass is 16.7. The van der Waals surface area contributed by atoms with Gasteiger partial charge >= 0.3 is 11.8 Å². The number of amidine groups is 1. The van der Waals surface area contributed by atoms with E-state index in [-0.39, 0.29) is 54.1 Å². The second kappa shape index (κ2) is 15.6. The highest BCUT2D eigenvalue weighted by Gasteiger charge is 2.69. The molecule has 8 unspecified atom stereocenters. The number of aliphatic imine (C=N–C) groups is 3. The van der Waals surface area contributed by atoms with Crippen LogP contribution in [-0.2, 0) is 22.6 Å². The second-order valence-electron chi connectivity index (χ2n) is 14.8. The van der Waals surface area contributed by atoms with Gasteiger partial charge in [-0.25, -0.2) is 9.79 Å². The fraction of sp³-hybridized carbons (Fsp3) is 0.310. The summed E-state index contributed by atoms with van der Waals surface area (Å²) in [4.78, 5) is 24.8. The Labute approximate surface area is 341 Å². The number of aryl methyl sites for hydroxylation is 1. The van der Waals surface area contributed by atoms with E-state index in [1.54, 1.807) is 48.6 Å². The van der Waals surface area contributed by atoms with Gasteiger partial charge in [0.15, 0.2) is 35.0 Å². The standard InChI is InChI=1S/C42H40N4O14/c1-2-20-11-21(13-23(47)12-20)17-57-36-32(59-40-41(54)10-9-25(27-16-44-19-45-27)42(55,39(41)53)37(60-40)38(51)52)15-31-34(35(36)50)28(48)14-30(58-31)22-3-5-24(6-4-22)56-18-29(49)26-7-8-33(43)46-26/h3-15,19,25,29-30,37,39-40,43,47-50,53-55H,2,16-18H2,1H3,(H,51,52)/p+1. The average molecular weight is 826 g/mol. The van der Waals surface area contributed by atoms with Gasteiger partial charge in [0.2, 0.25) is 12.0 Å². The number of hydrogen-bond donors (Lipinski definition) is 9. The molecule has 3 aromatic carbocycles. The molecule has 0 saturated carbocycles. The van der Waals surface area contributed by atoms with Crippen LogP contribution < -0.4 is 24.4 Å². The fourth-order valence-corrected chi connectivity index (χ4v) is 7.75. The van der Waals surface area contributed by atoms with Crippen LogP contribution >= 0.6 is 0 Å². The first-order chi connectivity index (χ1) is 28.7. The number of fused-ring (bicyclic) bond motifs is 3. The van der Waals surface area contributed by atoms with Gasteiger partial charge in [-0.05, 0) is 64.5 Å². The van der Waals surface area contributed by atoms with Crippen LogP contribution in [0.1, 0.15) is 35.3 Å². The minimum Gasteiger partial charge on any atom is -0.508 e. The summed E-state index contributed by atoms with van der Waals surface area (Å²) in [7, 11) is 0. The van der Waals surface area contributed by atoms with Crippen molar-refractivity contribution in [2.45, 2.75) is 61.9 Å². The Morgan fingerprint density at radius 2 is 1.82 bits per heavy atom. The van der Waals surface area contributed by atoms with Crippen molar-refractivity contribution in [1.29, 1.82) is 0 Å². The number of benzene rings is 3. The molecule has 60 heavy (non-hydrogen) atoms. The molecular weight excluding hydrogens is 784 g/mol. The van der Waals surface area contributed by atoms with E-state index in [4.69, 9.17) is 29.1 Å². The molecule has 1 saturated heterocycles. The lowest BCUT2D eigenvalue weighted by atomic mass is 9.64. The highest BCUT2D eigenvalue weighted by Crippen LogP contribution is 2.53. The Balaban J connectivity index is 1.12. The number of carbonyl (C=O) groups is 1. The quantitative estimate of drug-likeness (QED) is 0.108. The Hall–Kier alpha value is -6.57. The Morgan fingerprint density at radius 3 is 2.50 bits per heavy atom. The molecule has 18 nitrogen and oxygen atoms in total. The molecule has 3 aromatic rings. The Bertz CT molecular complexity index is 2430. The van der Waals surface area contributed by atoms with Crippen LogP contribution in [0.3, 0.4) is 0 Å². The first-order valence-electron chi connectivity index (χ1n) is 18.8. The lowest BCUT2D eigenvalue weighted by molar-refractivity contribution is -0.337. The number of aliphatic hydroxyl groups excluding tert-OH is 3. The van der Waals surface area contributed by atoms with Crippen molar-refractivity contribution >= 4 is 35.3 Å². The zero-order chi connectivity index (χ0) is 42.5. The lowest BCUT2D eigenvalue weighted by Gasteiger charge is -2.55. The van der Waals surface area contributed by atoms with E-state index in [2.05, 4.69) is 15.0 Å². The first-order valence-corrected chi connectivity index (χ1v) is 18.8. The number of hydrogen-bond acceptors (Lipinski definition) is 15. The summed E-state index contributed by atoms with van der Waals surface area (Å²) < 4.78 is 29.9. The van der Waals surface area contributed by atoms with Gasteiger partial charge in [0, 0.05) is 18.2 Å². The van der Waals surface area contributed by atoms with E-state index < -0.39 is 71.1 Å². The van der Waals surface area contributed by atoms with E-state index in [0.29, 0.717) is 29.0 Å². The summed E-state index contributed by atoms with van der Waals surface area (Å²) in [6.45, 7) is 1.54. The number of ether oxygens (including phenoxy) is 5. The number of aromatic hydroxyl groups is 2. The fourth-order valence-electron chi connectivity index (χ4n) is 7.75. The van der Waals surface area contributed by atoms with Crippen LogP contribution in [0.4, 0.5) is 0 Å². The van der Waals surface area contributed by atoms with Crippen LogP contribution in [0.25, 0.3) is 5.76 Å². The monoisotopic (exact) mass is 825 g/mol. The molecule has 4 heterocycles. The summed E-state index contributed by atoms with van der Waals surface area (Å²) in [5.41, 5.74) is -3.02. The molecule has 1 aliphatic carbocycles. The van der Waals surface area contributed by atoms with Crippen LogP contribution in [-0.4, -0.2) is 119 Å². The molecule has 8 atom stereocenters. The molecule has 0 aromatic heterocycles. The maximum atomic E-state index is 12.7. The highest BCUT2D eigenvalue weighted by molar-refractivity contribution is 6.14. The van der Waals surface area contributed by atoms with E-state index in [0.717, 1.165) is 11.6 Å². The molecule has 312 valence electrons. The van der Waals surface area contributed by atoms with Gasteiger partial charge in [0.05, 0.1) is 18.2 Å². The molecule has 0 spiro atoms. The van der Waals surface area contributed by atoms with Crippen molar-refractivity contribution in [2.75, 3.05) is 13.2 Å². The van der Waals surface area contributed by atoms with Crippen molar-refractivity contribution in [3.8, 4) is 34.5 Å². The predicted octanol–water partition coefficient (Wildman–Crippen LogP) is 0.860. The third kappa shape index (κ3) is 7.13. The molecule has 8 rings (SSSR count). The Morgan fingerprint density at radius 1 is 1.05 bits per heavy atom. The number of phenols is 2. The molecule has 4 aliphatic heterocycles. The summed E-state index contributed by atoms with van der Waals surface area (Å²) in [6, 6.07) is 12.6. The predicted molar refractivity (Wildman–Crippen MR) is 212 cm³/mol. The van der Waals surface area contributed by atoms with Crippen LogP contribution in [0.2, 0.25) is 0 Å². The number of aliphatic carboxylic acids is 1. The van der Waals surface area contributed by atoms with Crippen LogP contribution in [0.5, 0.6) is 34.5 Å². The largest absolute Gasteiger partial charge is 0.508 e. The first kappa shape index (κ1) is 40.2. The normalized spacial score (nSPS) is 28.0. The van der Waals surface area contributed by atoms with Gasteiger partial charge in [0.25, 0.3) is 0 Å². The van der Waals surface area contributed by atoms with Gasteiger partial charge in [0.1, 0.15) is 65.9 Å². The van der Waals surface area contributed by atoms with Crippen LogP contribution in [0.15, 0.2) is 93.9 Å². The van der Waals surface area contributed by atoms with E-state index in [1.807, 2.05) is 6.92 Å². The zero-order valence-corrected chi connectivity index (χ0v) is 31.8. The SMILES string of the molecule is CCc1cc(O)cc(COc2c(OC3OC(C(=O)O)C4(O)C(C5=NC=NC5)C=CC3(O)C4O)cc3c(c2O)C(O)=CC(c2ccc(OCC(O)C4=NC(=[NH2+])C=C4)cc2)O3)c1. The third-order valence-corrected chi connectivity index (χ3v) is 10.8. The number of nitrogens with two attached hydrogens (primary N) is 1. The molecule has 10 N–H and O–H groups in total. The minimum absolute atomic E-state index is 0.0108. The summed E-state index contributed by atoms with van der Waals surface area (Å²) in [5, 5.41) is 95.2. The summed E-state index contributed by atoms with van der Waals surface area (Å²) in [5.74, 6) is -4.28. The Kier molecular flexibility index (Phi) is 10.4. The van der Waals surface area contributed by atoms with Crippen LogP contribution in [0, 0.1) is 5.92 Å². The summed E-state index contributed by atoms with van der Waals surface area (Å²) in [6.07, 6.45) is 0.307. The van der Waals surface area contributed by atoms with E-state index in [9.17, 15) is 45.6 Å². The minimum atomic E-state index is -2.63. The topological polar surface area (TPSA) is 288 Å². The lowest BCUT2D eigenvalue weighted by Crippen LogP contribution is -2.78. The number of carboxylic acids is 1. The van der Waals surface area contributed by atoms with Crippen molar-refractivity contribution in [1.82, 2.24) is 0 Å².